The van der Waals surface area contributed by atoms with Crippen molar-refractivity contribution >= 4 is 21.6 Å². The van der Waals surface area contributed by atoms with Gasteiger partial charge in [0.1, 0.15) is 0 Å². The molecule has 2 rings (SSSR count). The Balaban J connectivity index is 2.40. The maximum atomic E-state index is 12.9. The zero-order valence-corrected chi connectivity index (χ0v) is 13.8. The number of halogens is 1. The summed E-state index contributed by atoms with van der Waals surface area (Å²) in [5, 5.41) is 0. The second-order valence-corrected chi connectivity index (χ2v) is 7.95. The van der Waals surface area contributed by atoms with Gasteiger partial charge in [-0.3, -0.25) is 0 Å². The number of rotatable bonds is 3. The van der Waals surface area contributed by atoms with Crippen molar-refractivity contribution in [1.82, 2.24) is 4.31 Å². The average Bonchev–Trinajstić information content (AvgIpc) is 2.38. The number of hydrogen-bond donors (Lipinski definition) is 0. The van der Waals surface area contributed by atoms with E-state index < -0.39 is 10.0 Å². The van der Waals surface area contributed by atoms with Crippen LogP contribution in [0.25, 0.3) is 0 Å². The first-order valence-electron chi connectivity index (χ1n) is 7.03. The highest BCUT2D eigenvalue weighted by Crippen LogP contribution is 2.30. The third-order valence-corrected chi connectivity index (χ3v) is 6.54. The zero-order chi connectivity index (χ0) is 14.9. The van der Waals surface area contributed by atoms with Gasteiger partial charge in [0.2, 0.25) is 10.0 Å². The summed E-state index contributed by atoms with van der Waals surface area (Å²) in [6, 6.07) is 5.48. The van der Waals surface area contributed by atoms with Crippen LogP contribution in [-0.2, 0) is 15.9 Å². The maximum Gasteiger partial charge on any atom is 0.243 e. The molecule has 0 aliphatic carbocycles. The predicted octanol–water partition coefficient (Wildman–Crippen LogP) is 3.54. The standard InChI is InChI=1S/C15H22ClNO2S/c1-11-6-7-17(13(3)8-11)20(18,19)15-9-14(10-16)5-4-12(15)2/h4-5,9,11,13H,6-8,10H2,1-3H3. The van der Waals surface area contributed by atoms with E-state index in [1.807, 2.05) is 26.0 Å². The van der Waals surface area contributed by atoms with Gasteiger partial charge in [-0.05, 0) is 49.8 Å². The number of hydrogen-bond acceptors (Lipinski definition) is 2. The summed E-state index contributed by atoms with van der Waals surface area (Å²) >= 11 is 5.83. The van der Waals surface area contributed by atoms with Crippen LogP contribution in [0.1, 0.15) is 37.8 Å². The highest BCUT2D eigenvalue weighted by atomic mass is 35.5. The Labute approximate surface area is 127 Å². The van der Waals surface area contributed by atoms with E-state index in [1.54, 1.807) is 10.4 Å². The quantitative estimate of drug-likeness (QED) is 0.800. The van der Waals surface area contributed by atoms with E-state index in [4.69, 9.17) is 11.6 Å². The summed E-state index contributed by atoms with van der Waals surface area (Å²) in [6.07, 6.45) is 1.85. The number of nitrogens with zero attached hydrogens (tertiary/aromatic N) is 1. The Morgan fingerprint density at radius 2 is 2.05 bits per heavy atom. The number of piperidine rings is 1. The van der Waals surface area contributed by atoms with Gasteiger partial charge in [-0.1, -0.05) is 19.1 Å². The number of sulfonamides is 1. The fourth-order valence-electron chi connectivity index (χ4n) is 2.87. The molecule has 0 saturated carbocycles. The van der Waals surface area contributed by atoms with E-state index in [9.17, 15) is 8.42 Å². The minimum absolute atomic E-state index is 0.0582. The van der Waals surface area contributed by atoms with Gasteiger partial charge in [-0.15, -0.1) is 11.6 Å². The van der Waals surface area contributed by atoms with Gasteiger partial charge in [0.25, 0.3) is 0 Å². The van der Waals surface area contributed by atoms with E-state index in [-0.39, 0.29) is 6.04 Å². The Bertz CT molecular complexity index is 586. The van der Waals surface area contributed by atoms with Crippen LogP contribution in [0.15, 0.2) is 23.1 Å². The monoisotopic (exact) mass is 315 g/mol. The van der Waals surface area contributed by atoms with Gasteiger partial charge >= 0.3 is 0 Å². The normalized spacial score (nSPS) is 24.8. The molecule has 1 aromatic rings. The van der Waals surface area contributed by atoms with Crippen molar-refractivity contribution < 1.29 is 8.42 Å². The molecular formula is C15H22ClNO2S. The van der Waals surface area contributed by atoms with E-state index in [2.05, 4.69) is 6.92 Å². The summed E-state index contributed by atoms with van der Waals surface area (Å²) in [4.78, 5) is 0.400. The zero-order valence-electron chi connectivity index (χ0n) is 12.3. The molecule has 3 nitrogen and oxygen atoms in total. The lowest BCUT2D eigenvalue weighted by atomic mass is 9.95. The molecule has 1 fully saturated rings. The first-order chi connectivity index (χ1) is 9.36. The van der Waals surface area contributed by atoms with Crippen LogP contribution in [0.5, 0.6) is 0 Å². The van der Waals surface area contributed by atoms with E-state index in [1.165, 1.54) is 0 Å². The van der Waals surface area contributed by atoms with Crippen molar-refractivity contribution in [3.8, 4) is 0 Å². The molecule has 2 unspecified atom stereocenters. The SMILES string of the molecule is Cc1ccc(CCl)cc1S(=O)(=O)N1CCC(C)CC1C. The molecule has 1 aliphatic heterocycles. The van der Waals surface area contributed by atoms with Gasteiger partial charge in [0.05, 0.1) is 4.90 Å². The predicted molar refractivity (Wildman–Crippen MR) is 82.5 cm³/mol. The largest absolute Gasteiger partial charge is 0.243 e. The van der Waals surface area contributed by atoms with Crippen LogP contribution in [0.4, 0.5) is 0 Å². The Hall–Kier alpha value is -0.580. The molecule has 0 radical (unpaired) electrons. The third kappa shape index (κ3) is 3.02. The minimum Gasteiger partial charge on any atom is -0.207 e. The molecule has 2 atom stereocenters. The lowest BCUT2D eigenvalue weighted by Crippen LogP contribution is -2.44. The molecule has 1 saturated heterocycles. The van der Waals surface area contributed by atoms with Gasteiger partial charge < -0.3 is 0 Å². The molecule has 1 aromatic carbocycles. The van der Waals surface area contributed by atoms with E-state index in [0.29, 0.717) is 23.2 Å². The molecule has 0 spiro atoms. The number of alkyl halides is 1. The van der Waals surface area contributed by atoms with Gasteiger partial charge in [-0.25, -0.2) is 8.42 Å². The van der Waals surface area contributed by atoms with Crippen LogP contribution in [0, 0.1) is 12.8 Å². The van der Waals surface area contributed by atoms with Gasteiger partial charge in [0, 0.05) is 18.5 Å². The van der Waals surface area contributed by atoms with Gasteiger partial charge in [0.15, 0.2) is 0 Å². The maximum absolute atomic E-state index is 12.9. The molecule has 0 aromatic heterocycles. The first-order valence-corrected chi connectivity index (χ1v) is 9.01. The van der Waals surface area contributed by atoms with Crippen molar-refractivity contribution in [2.24, 2.45) is 5.92 Å². The van der Waals surface area contributed by atoms with Crippen LogP contribution in [-0.4, -0.2) is 25.3 Å². The van der Waals surface area contributed by atoms with Crippen molar-refractivity contribution in [3.63, 3.8) is 0 Å². The molecule has 0 amide bonds. The van der Waals surface area contributed by atoms with Crippen molar-refractivity contribution in [2.75, 3.05) is 6.54 Å². The minimum atomic E-state index is -3.42. The first kappa shape index (κ1) is 15.8. The smallest absolute Gasteiger partial charge is 0.207 e. The highest BCUT2D eigenvalue weighted by Gasteiger charge is 2.34. The van der Waals surface area contributed by atoms with Crippen LogP contribution in [0.2, 0.25) is 0 Å². The summed E-state index contributed by atoms with van der Waals surface area (Å²) in [6.45, 7) is 6.62. The third-order valence-electron chi connectivity index (χ3n) is 4.07. The van der Waals surface area contributed by atoms with E-state index in [0.717, 1.165) is 24.0 Å². The van der Waals surface area contributed by atoms with Crippen molar-refractivity contribution in [3.05, 3.63) is 29.3 Å². The summed E-state index contributed by atoms with van der Waals surface area (Å²) in [7, 11) is -3.42. The fraction of sp³-hybridized carbons (Fsp3) is 0.600. The molecule has 0 N–H and O–H groups in total. The molecule has 0 bridgehead atoms. The number of aryl methyl sites for hydroxylation is 1. The second kappa shape index (κ2) is 6.04. The second-order valence-electron chi connectivity index (χ2n) is 5.83. The Morgan fingerprint density at radius 1 is 1.35 bits per heavy atom. The van der Waals surface area contributed by atoms with Crippen molar-refractivity contribution in [2.45, 2.75) is 50.4 Å². The summed E-state index contributed by atoms with van der Waals surface area (Å²) in [5.41, 5.74) is 1.62. The molecule has 112 valence electrons. The summed E-state index contributed by atoms with van der Waals surface area (Å²) < 4.78 is 27.4. The number of benzene rings is 1. The Kier molecular flexibility index (Phi) is 4.77. The summed E-state index contributed by atoms with van der Waals surface area (Å²) in [5.74, 6) is 0.918. The molecule has 5 heteroatoms. The molecule has 1 aliphatic rings. The van der Waals surface area contributed by atoms with Crippen LogP contribution < -0.4 is 0 Å². The van der Waals surface area contributed by atoms with Crippen molar-refractivity contribution in [1.29, 1.82) is 0 Å². The molecule has 20 heavy (non-hydrogen) atoms. The molecular weight excluding hydrogens is 294 g/mol. The molecule has 1 heterocycles. The lowest BCUT2D eigenvalue weighted by Gasteiger charge is -2.35. The topological polar surface area (TPSA) is 37.4 Å². The lowest BCUT2D eigenvalue weighted by molar-refractivity contribution is 0.220. The highest BCUT2D eigenvalue weighted by molar-refractivity contribution is 7.89. The van der Waals surface area contributed by atoms with Gasteiger partial charge in [-0.2, -0.15) is 4.31 Å². The van der Waals surface area contributed by atoms with E-state index >= 15 is 0 Å². The average molecular weight is 316 g/mol. The van der Waals surface area contributed by atoms with Crippen LogP contribution in [0.3, 0.4) is 0 Å². The van der Waals surface area contributed by atoms with Crippen LogP contribution >= 0.6 is 11.6 Å². The Morgan fingerprint density at radius 3 is 2.65 bits per heavy atom. The fourth-order valence-corrected chi connectivity index (χ4v) is 4.97.